The van der Waals surface area contributed by atoms with Crippen molar-refractivity contribution in [1.82, 2.24) is 0 Å². The predicted molar refractivity (Wildman–Crippen MR) is 49.6 cm³/mol. The molecule has 0 atom stereocenters. The lowest BCUT2D eigenvalue weighted by molar-refractivity contribution is -0.142. The Morgan fingerprint density at radius 1 is 0.944 bits per heavy atom. The Morgan fingerprint density at radius 3 is 1.72 bits per heavy atom. The molecule has 1 heterocycles. The fourth-order valence-corrected chi connectivity index (χ4v) is 1.69. The first kappa shape index (κ1) is 12.6. The molecule has 0 bridgehead atoms. The van der Waals surface area contributed by atoms with Gasteiger partial charge in [0.25, 0.3) is 0 Å². The number of carboxylic acid groups (broad SMARTS) is 1. The van der Waals surface area contributed by atoms with Gasteiger partial charge < -0.3 is 10.0 Å². The molecule has 98 valence electrons. The van der Waals surface area contributed by atoms with Crippen LogP contribution in [0.2, 0.25) is 0 Å². The molecule has 1 aliphatic rings. The van der Waals surface area contributed by atoms with Gasteiger partial charge in [-0.1, -0.05) is 0 Å². The lowest BCUT2D eigenvalue weighted by Gasteiger charge is -2.38. The van der Waals surface area contributed by atoms with E-state index < -0.39 is 46.7 Å². The van der Waals surface area contributed by atoms with Crippen molar-refractivity contribution < 1.29 is 31.9 Å². The fraction of sp³-hybridized carbons (Fsp3) is 0.300. The van der Waals surface area contributed by atoms with Crippen molar-refractivity contribution in [3.63, 3.8) is 0 Å². The Labute approximate surface area is 97.4 Å². The summed E-state index contributed by atoms with van der Waals surface area (Å²) in [5.74, 6) is -12.3. The van der Waals surface area contributed by atoms with Gasteiger partial charge >= 0.3 is 5.97 Å². The van der Waals surface area contributed by atoms with Crippen LogP contribution < -0.4 is 4.90 Å². The topological polar surface area (TPSA) is 40.5 Å². The molecule has 0 radical (unpaired) electrons. The third-order valence-corrected chi connectivity index (χ3v) is 2.73. The third kappa shape index (κ3) is 1.68. The zero-order valence-electron chi connectivity index (χ0n) is 8.68. The number of hydrogen-bond acceptors (Lipinski definition) is 2. The summed E-state index contributed by atoms with van der Waals surface area (Å²) in [4.78, 5) is 11.3. The molecule has 1 aromatic carbocycles. The van der Waals surface area contributed by atoms with Gasteiger partial charge in [0, 0.05) is 13.1 Å². The predicted octanol–water partition coefficient (Wildman–Crippen LogP) is 1.90. The average Bonchev–Trinajstić information content (AvgIpc) is 2.26. The molecule has 1 saturated heterocycles. The Bertz CT molecular complexity index is 498. The number of hydrogen-bond donors (Lipinski definition) is 1. The van der Waals surface area contributed by atoms with Crippen LogP contribution in [0.15, 0.2) is 0 Å². The van der Waals surface area contributed by atoms with Crippen LogP contribution in [0.1, 0.15) is 0 Å². The minimum Gasteiger partial charge on any atom is -0.481 e. The Hall–Kier alpha value is -1.86. The van der Waals surface area contributed by atoms with E-state index in [4.69, 9.17) is 5.11 Å². The largest absolute Gasteiger partial charge is 0.481 e. The molecule has 0 amide bonds. The Kier molecular flexibility index (Phi) is 2.88. The second-order valence-corrected chi connectivity index (χ2v) is 3.86. The normalized spacial score (nSPS) is 15.7. The molecule has 0 spiro atoms. The van der Waals surface area contributed by atoms with E-state index in [1.54, 1.807) is 0 Å². The van der Waals surface area contributed by atoms with Crippen LogP contribution in [0.25, 0.3) is 0 Å². The van der Waals surface area contributed by atoms with E-state index in [1.807, 2.05) is 0 Å². The van der Waals surface area contributed by atoms with Crippen molar-refractivity contribution in [2.75, 3.05) is 18.0 Å². The van der Waals surface area contributed by atoms with E-state index in [9.17, 15) is 26.7 Å². The van der Waals surface area contributed by atoms with Gasteiger partial charge in [-0.25, -0.2) is 22.0 Å². The Morgan fingerprint density at radius 2 is 1.33 bits per heavy atom. The maximum Gasteiger partial charge on any atom is 0.310 e. The van der Waals surface area contributed by atoms with Crippen LogP contribution in [-0.4, -0.2) is 24.2 Å². The quantitative estimate of drug-likeness (QED) is 0.505. The summed E-state index contributed by atoms with van der Waals surface area (Å²) in [6.07, 6.45) is 0. The van der Waals surface area contributed by atoms with E-state index >= 15 is 0 Å². The molecule has 0 aliphatic carbocycles. The molecule has 1 fully saturated rings. The standard InChI is InChI=1S/C10H6F5NO2/c11-4-5(12)7(14)9(8(15)6(4)13)16-1-3(2-16)10(17)18/h3H,1-2H2,(H,17,18). The first-order valence-electron chi connectivity index (χ1n) is 4.83. The highest BCUT2D eigenvalue weighted by atomic mass is 19.2. The summed E-state index contributed by atoms with van der Waals surface area (Å²) < 4.78 is 65.1. The van der Waals surface area contributed by atoms with Crippen LogP contribution in [-0.2, 0) is 4.79 Å². The van der Waals surface area contributed by atoms with Gasteiger partial charge in [-0.05, 0) is 0 Å². The number of nitrogens with zero attached hydrogens (tertiary/aromatic N) is 1. The molecule has 1 aliphatic heterocycles. The minimum atomic E-state index is -2.23. The number of rotatable bonds is 2. The van der Waals surface area contributed by atoms with Crippen LogP contribution in [0, 0.1) is 35.0 Å². The summed E-state index contributed by atoms with van der Waals surface area (Å²) in [6.45, 7) is -0.596. The van der Waals surface area contributed by atoms with Crippen molar-refractivity contribution in [3.05, 3.63) is 29.1 Å². The summed E-state index contributed by atoms with van der Waals surface area (Å²) >= 11 is 0. The number of halogens is 5. The summed E-state index contributed by atoms with van der Waals surface area (Å²) in [5, 5.41) is 8.57. The van der Waals surface area contributed by atoms with E-state index in [2.05, 4.69) is 0 Å². The van der Waals surface area contributed by atoms with Gasteiger partial charge in [-0.2, -0.15) is 0 Å². The first-order valence-corrected chi connectivity index (χ1v) is 4.83. The number of carboxylic acids is 1. The Balaban J connectivity index is 2.39. The molecule has 2 rings (SSSR count). The van der Waals surface area contributed by atoms with E-state index in [0.717, 1.165) is 4.90 Å². The van der Waals surface area contributed by atoms with Gasteiger partial charge in [0.05, 0.1) is 5.92 Å². The number of carbonyl (C=O) groups is 1. The molecule has 3 nitrogen and oxygen atoms in total. The first-order chi connectivity index (χ1) is 8.34. The molecule has 1 N–H and O–H groups in total. The molecule has 18 heavy (non-hydrogen) atoms. The van der Waals surface area contributed by atoms with Crippen LogP contribution >= 0.6 is 0 Å². The van der Waals surface area contributed by atoms with Crippen molar-refractivity contribution in [1.29, 1.82) is 0 Å². The zero-order chi connectivity index (χ0) is 13.6. The van der Waals surface area contributed by atoms with Crippen LogP contribution in [0.4, 0.5) is 27.6 Å². The number of benzene rings is 1. The monoisotopic (exact) mass is 267 g/mol. The zero-order valence-corrected chi connectivity index (χ0v) is 8.68. The molecular formula is C10H6F5NO2. The van der Waals surface area contributed by atoms with E-state index in [1.165, 1.54) is 0 Å². The van der Waals surface area contributed by atoms with Crippen molar-refractivity contribution in [2.45, 2.75) is 0 Å². The molecule has 8 heteroatoms. The molecule has 1 aromatic rings. The van der Waals surface area contributed by atoms with Crippen LogP contribution in [0.5, 0.6) is 0 Å². The molecule has 0 unspecified atom stereocenters. The maximum atomic E-state index is 13.3. The van der Waals surface area contributed by atoms with Gasteiger partial charge in [-0.15, -0.1) is 0 Å². The van der Waals surface area contributed by atoms with Gasteiger partial charge in [0.15, 0.2) is 23.3 Å². The summed E-state index contributed by atoms with van der Waals surface area (Å²) in [5.41, 5.74) is -1.08. The second-order valence-electron chi connectivity index (χ2n) is 3.86. The van der Waals surface area contributed by atoms with Crippen molar-refractivity contribution >= 4 is 11.7 Å². The van der Waals surface area contributed by atoms with Crippen molar-refractivity contribution in [2.24, 2.45) is 5.92 Å². The smallest absolute Gasteiger partial charge is 0.310 e. The SMILES string of the molecule is O=C(O)C1CN(c2c(F)c(F)c(F)c(F)c2F)C1. The lowest BCUT2D eigenvalue weighted by atomic mass is 9.99. The van der Waals surface area contributed by atoms with Crippen molar-refractivity contribution in [3.8, 4) is 0 Å². The maximum absolute atomic E-state index is 13.3. The molecule has 0 aromatic heterocycles. The third-order valence-electron chi connectivity index (χ3n) is 2.73. The molecule has 0 saturated carbocycles. The van der Waals surface area contributed by atoms with Crippen LogP contribution in [0.3, 0.4) is 0 Å². The highest BCUT2D eigenvalue weighted by Gasteiger charge is 2.38. The number of anilines is 1. The highest BCUT2D eigenvalue weighted by Crippen LogP contribution is 2.34. The lowest BCUT2D eigenvalue weighted by Crippen LogP contribution is -2.51. The fourth-order valence-electron chi connectivity index (χ4n) is 1.69. The van der Waals surface area contributed by atoms with Gasteiger partial charge in [0.2, 0.25) is 5.82 Å². The van der Waals surface area contributed by atoms with Gasteiger partial charge in [-0.3, -0.25) is 4.79 Å². The van der Waals surface area contributed by atoms with Gasteiger partial charge in [0.1, 0.15) is 5.69 Å². The highest BCUT2D eigenvalue weighted by molar-refractivity contribution is 5.74. The number of aliphatic carboxylic acids is 1. The van der Waals surface area contributed by atoms with E-state index in [-0.39, 0.29) is 13.1 Å². The second kappa shape index (κ2) is 4.11. The molecular weight excluding hydrogens is 261 g/mol. The van der Waals surface area contributed by atoms with E-state index in [0.29, 0.717) is 0 Å². The minimum absolute atomic E-state index is 0.298. The summed E-state index contributed by atoms with van der Waals surface area (Å²) in [6, 6.07) is 0. The summed E-state index contributed by atoms with van der Waals surface area (Å²) in [7, 11) is 0. The average molecular weight is 267 g/mol.